The first-order valence-electron chi connectivity index (χ1n) is 4.78. The summed E-state index contributed by atoms with van der Waals surface area (Å²) >= 11 is 3.37. The molecule has 0 atom stereocenters. The lowest BCUT2D eigenvalue weighted by molar-refractivity contribution is -0.114. The molecule has 2 aromatic rings. The van der Waals surface area contributed by atoms with Gasteiger partial charge in [-0.15, -0.1) is 0 Å². The number of hydrogen-bond donors (Lipinski definition) is 1. The van der Waals surface area contributed by atoms with Gasteiger partial charge in [0, 0.05) is 23.0 Å². The second kappa shape index (κ2) is 4.53. The number of rotatable bonds is 2. The predicted octanol–water partition coefficient (Wildman–Crippen LogP) is 3.67. The Morgan fingerprint density at radius 1 is 1.19 bits per heavy atom. The molecular weight excluding hydrogens is 270 g/mol. The molecule has 1 aromatic carbocycles. The Labute approximate surface area is 102 Å². The van der Waals surface area contributed by atoms with Gasteiger partial charge < -0.3 is 4.42 Å². The second-order valence-electron chi connectivity index (χ2n) is 3.35. The first-order valence-corrected chi connectivity index (χ1v) is 5.58. The summed E-state index contributed by atoms with van der Waals surface area (Å²) in [6.45, 7) is 1.45. The maximum atomic E-state index is 10.8. The lowest BCUT2D eigenvalue weighted by atomic mass is 10.2. The van der Waals surface area contributed by atoms with Crippen molar-refractivity contribution in [3.63, 3.8) is 0 Å². The largest absolute Gasteiger partial charge is 0.440 e. The standard InChI is InChI=1S/C12H10BrNO2/c1-8(15)14-12-7-6-11(16-12)9-2-4-10(13)5-3-9/h2-7H,1H3,(H,14,15). The Kier molecular flexibility index (Phi) is 3.10. The number of carbonyl (C=O) groups excluding carboxylic acids is 1. The third-order valence-corrected chi connectivity index (χ3v) is 2.56. The third kappa shape index (κ3) is 2.52. The van der Waals surface area contributed by atoms with E-state index in [1.165, 1.54) is 6.92 Å². The van der Waals surface area contributed by atoms with Crippen LogP contribution in [0.2, 0.25) is 0 Å². The highest BCUT2D eigenvalue weighted by Crippen LogP contribution is 2.25. The van der Waals surface area contributed by atoms with Gasteiger partial charge >= 0.3 is 0 Å². The molecule has 0 aliphatic heterocycles. The minimum Gasteiger partial charge on any atom is -0.440 e. The van der Waals surface area contributed by atoms with Gasteiger partial charge in [0.25, 0.3) is 0 Å². The second-order valence-corrected chi connectivity index (χ2v) is 4.27. The van der Waals surface area contributed by atoms with Gasteiger partial charge in [0.15, 0.2) is 5.88 Å². The Morgan fingerprint density at radius 3 is 2.50 bits per heavy atom. The molecule has 2 rings (SSSR count). The molecule has 3 nitrogen and oxygen atoms in total. The van der Waals surface area contributed by atoms with Crippen LogP contribution in [0.3, 0.4) is 0 Å². The molecule has 1 heterocycles. The summed E-state index contributed by atoms with van der Waals surface area (Å²) in [5.41, 5.74) is 0.972. The fraction of sp³-hybridized carbons (Fsp3) is 0.0833. The molecule has 0 bridgehead atoms. The molecular formula is C12H10BrNO2. The fourth-order valence-electron chi connectivity index (χ4n) is 1.35. The molecule has 0 radical (unpaired) electrons. The van der Waals surface area contributed by atoms with Crippen molar-refractivity contribution >= 4 is 27.7 Å². The highest BCUT2D eigenvalue weighted by molar-refractivity contribution is 9.10. The van der Waals surface area contributed by atoms with Crippen LogP contribution in [0.1, 0.15) is 6.92 Å². The number of furan rings is 1. The molecule has 82 valence electrons. The fourth-order valence-corrected chi connectivity index (χ4v) is 1.61. The van der Waals surface area contributed by atoms with E-state index in [9.17, 15) is 4.79 Å². The van der Waals surface area contributed by atoms with E-state index in [1.54, 1.807) is 6.07 Å². The molecule has 4 heteroatoms. The van der Waals surface area contributed by atoms with Gasteiger partial charge in [0.2, 0.25) is 5.91 Å². The van der Waals surface area contributed by atoms with Crippen LogP contribution in [0, 0.1) is 0 Å². The molecule has 1 aromatic heterocycles. The van der Waals surface area contributed by atoms with E-state index in [2.05, 4.69) is 21.2 Å². The molecule has 0 fully saturated rings. The molecule has 0 saturated heterocycles. The molecule has 0 aliphatic rings. The molecule has 16 heavy (non-hydrogen) atoms. The molecule has 0 aliphatic carbocycles. The lowest BCUT2D eigenvalue weighted by Gasteiger charge is -1.98. The number of amides is 1. The van der Waals surface area contributed by atoms with Crippen LogP contribution in [0.4, 0.5) is 5.88 Å². The van der Waals surface area contributed by atoms with Gasteiger partial charge in [-0.05, 0) is 18.2 Å². The number of hydrogen-bond acceptors (Lipinski definition) is 2. The minimum absolute atomic E-state index is 0.142. The highest BCUT2D eigenvalue weighted by atomic mass is 79.9. The Morgan fingerprint density at radius 2 is 1.88 bits per heavy atom. The number of anilines is 1. The summed E-state index contributed by atoms with van der Waals surface area (Å²) in [5.74, 6) is 1.05. The van der Waals surface area contributed by atoms with Gasteiger partial charge in [-0.25, -0.2) is 0 Å². The summed E-state index contributed by atoms with van der Waals surface area (Å²) in [6, 6.07) is 11.3. The molecule has 0 saturated carbocycles. The Balaban J connectivity index is 2.24. The SMILES string of the molecule is CC(=O)Nc1ccc(-c2ccc(Br)cc2)o1. The van der Waals surface area contributed by atoms with E-state index in [0.717, 1.165) is 15.8 Å². The van der Waals surface area contributed by atoms with Crippen molar-refractivity contribution in [2.45, 2.75) is 6.92 Å². The lowest BCUT2D eigenvalue weighted by Crippen LogP contribution is -2.04. The average Bonchev–Trinajstić information content (AvgIpc) is 2.66. The number of carbonyl (C=O) groups is 1. The molecule has 1 amide bonds. The number of halogens is 1. The van der Waals surface area contributed by atoms with Crippen LogP contribution in [-0.4, -0.2) is 5.91 Å². The van der Waals surface area contributed by atoms with Gasteiger partial charge in [0.05, 0.1) is 0 Å². The third-order valence-electron chi connectivity index (χ3n) is 2.03. The summed E-state index contributed by atoms with van der Waals surface area (Å²) < 4.78 is 6.49. The van der Waals surface area contributed by atoms with E-state index in [4.69, 9.17) is 4.42 Å². The smallest absolute Gasteiger partial charge is 0.223 e. The van der Waals surface area contributed by atoms with Crippen molar-refractivity contribution in [2.24, 2.45) is 0 Å². The van der Waals surface area contributed by atoms with Crippen molar-refractivity contribution in [3.8, 4) is 11.3 Å². The number of nitrogens with one attached hydrogen (secondary N) is 1. The monoisotopic (exact) mass is 279 g/mol. The first kappa shape index (κ1) is 11.0. The van der Waals surface area contributed by atoms with Gasteiger partial charge in [-0.2, -0.15) is 0 Å². The zero-order valence-electron chi connectivity index (χ0n) is 8.66. The average molecular weight is 280 g/mol. The van der Waals surface area contributed by atoms with Gasteiger partial charge in [0.1, 0.15) is 5.76 Å². The molecule has 1 N–H and O–H groups in total. The van der Waals surface area contributed by atoms with Crippen LogP contribution in [0.5, 0.6) is 0 Å². The van der Waals surface area contributed by atoms with E-state index < -0.39 is 0 Å². The van der Waals surface area contributed by atoms with Crippen molar-refractivity contribution in [3.05, 3.63) is 40.9 Å². The summed E-state index contributed by atoms with van der Waals surface area (Å²) in [5, 5.41) is 2.59. The normalized spacial score (nSPS) is 10.1. The van der Waals surface area contributed by atoms with Crippen molar-refractivity contribution in [1.82, 2.24) is 0 Å². The van der Waals surface area contributed by atoms with E-state index in [0.29, 0.717) is 5.88 Å². The van der Waals surface area contributed by atoms with E-state index in [1.807, 2.05) is 30.3 Å². The van der Waals surface area contributed by atoms with Crippen molar-refractivity contribution < 1.29 is 9.21 Å². The summed E-state index contributed by atoms with van der Waals surface area (Å²) in [6.07, 6.45) is 0. The molecule has 0 spiro atoms. The quantitative estimate of drug-likeness (QED) is 0.912. The Hall–Kier alpha value is -1.55. The Bertz CT molecular complexity index is 502. The maximum absolute atomic E-state index is 10.8. The highest BCUT2D eigenvalue weighted by Gasteiger charge is 2.05. The maximum Gasteiger partial charge on any atom is 0.223 e. The minimum atomic E-state index is -0.142. The van der Waals surface area contributed by atoms with E-state index in [-0.39, 0.29) is 5.91 Å². The van der Waals surface area contributed by atoms with E-state index >= 15 is 0 Å². The van der Waals surface area contributed by atoms with Crippen LogP contribution in [0.15, 0.2) is 45.3 Å². The summed E-state index contributed by atoms with van der Waals surface area (Å²) in [4.78, 5) is 10.8. The topological polar surface area (TPSA) is 42.2 Å². The predicted molar refractivity (Wildman–Crippen MR) is 66.1 cm³/mol. The van der Waals surface area contributed by atoms with Crippen LogP contribution in [-0.2, 0) is 4.79 Å². The number of benzene rings is 1. The van der Waals surface area contributed by atoms with Gasteiger partial charge in [-0.1, -0.05) is 28.1 Å². The first-order chi connectivity index (χ1) is 7.65. The van der Waals surface area contributed by atoms with Crippen LogP contribution in [0.25, 0.3) is 11.3 Å². The molecule has 0 unspecified atom stereocenters. The van der Waals surface area contributed by atoms with Crippen molar-refractivity contribution in [2.75, 3.05) is 5.32 Å². The van der Waals surface area contributed by atoms with Crippen LogP contribution < -0.4 is 5.32 Å². The zero-order chi connectivity index (χ0) is 11.5. The summed E-state index contributed by atoms with van der Waals surface area (Å²) in [7, 11) is 0. The van der Waals surface area contributed by atoms with Crippen LogP contribution >= 0.6 is 15.9 Å². The van der Waals surface area contributed by atoms with Gasteiger partial charge in [-0.3, -0.25) is 10.1 Å². The van der Waals surface area contributed by atoms with Crippen molar-refractivity contribution in [1.29, 1.82) is 0 Å². The zero-order valence-corrected chi connectivity index (χ0v) is 10.2.